The zero-order valence-corrected chi connectivity index (χ0v) is 28.8. The van der Waals surface area contributed by atoms with Crippen molar-refractivity contribution < 1.29 is 4.74 Å². The Kier molecular flexibility index (Phi) is 10.3. The van der Waals surface area contributed by atoms with Gasteiger partial charge in [-0.2, -0.15) is 0 Å². The molecule has 0 aliphatic carbocycles. The van der Waals surface area contributed by atoms with E-state index in [1.165, 1.54) is 72.0 Å². The van der Waals surface area contributed by atoms with Gasteiger partial charge in [-0.05, 0) is 63.4 Å². The third-order valence-corrected chi connectivity index (χ3v) is 9.58. The number of ether oxygens (including phenoxy) is 1. The maximum absolute atomic E-state index is 5.77. The summed E-state index contributed by atoms with van der Waals surface area (Å²) in [6.07, 6.45) is 0.788. The van der Waals surface area contributed by atoms with Crippen molar-refractivity contribution >= 4 is 28.7 Å². The summed E-state index contributed by atoms with van der Waals surface area (Å²) in [7, 11) is 1.79. The molecular weight excluding hydrogens is 603 g/mol. The van der Waals surface area contributed by atoms with Gasteiger partial charge in [0.1, 0.15) is 0 Å². The van der Waals surface area contributed by atoms with Crippen LogP contribution in [0.2, 0.25) is 0 Å². The van der Waals surface area contributed by atoms with E-state index in [2.05, 4.69) is 195 Å². The fourth-order valence-corrected chi connectivity index (χ4v) is 6.90. The Bertz CT molecular complexity index is 2050. The molecule has 0 aliphatic rings. The molecule has 7 aromatic rings. The molecule has 2 heteroatoms. The first kappa shape index (κ1) is 32.8. The molecule has 0 atom stereocenters. The van der Waals surface area contributed by atoms with Crippen molar-refractivity contribution in [1.29, 1.82) is 0 Å². The molecule has 7 rings (SSSR count). The van der Waals surface area contributed by atoms with Crippen LogP contribution in [0.15, 0.2) is 188 Å². The van der Waals surface area contributed by atoms with Crippen molar-refractivity contribution in [2.75, 3.05) is 13.7 Å². The largest absolute Gasteiger partial charge is 0.384 e. The Morgan fingerprint density at radius 2 is 0.780 bits per heavy atom. The standard InChI is InChI=1S/C48H41BO/c1-36-18-20-43(21-19-36)47(34-35-50-2)48(44-24-22-40(23-25-44)37-12-6-3-7-13-37)49(45-30-26-41(27-31-45)38-14-8-4-9-15-38)46-32-28-42(29-33-46)39-16-10-5-11-17-39/h3-33H,34-35H2,1-2H3/b48-47+. The first-order valence-corrected chi connectivity index (χ1v) is 17.4. The van der Waals surface area contributed by atoms with Crippen LogP contribution in [0.1, 0.15) is 23.1 Å². The molecule has 0 spiro atoms. The molecule has 0 radical (unpaired) electrons. The lowest BCUT2D eigenvalue weighted by Crippen LogP contribution is -2.44. The highest BCUT2D eigenvalue weighted by Crippen LogP contribution is 2.34. The van der Waals surface area contributed by atoms with E-state index in [4.69, 9.17) is 4.74 Å². The fraction of sp³-hybridized carbons (Fsp3) is 0.0833. The first-order chi connectivity index (χ1) is 24.7. The van der Waals surface area contributed by atoms with Crippen LogP contribution < -0.4 is 10.9 Å². The Morgan fingerprint density at radius 1 is 0.420 bits per heavy atom. The molecule has 0 aliphatic heterocycles. The third kappa shape index (κ3) is 7.47. The van der Waals surface area contributed by atoms with Crippen molar-refractivity contribution in [2.24, 2.45) is 0 Å². The number of hydrogen-bond donors (Lipinski definition) is 0. The molecule has 0 aromatic heterocycles. The minimum atomic E-state index is -0.0274. The minimum Gasteiger partial charge on any atom is -0.384 e. The second kappa shape index (κ2) is 15.7. The zero-order valence-electron chi connectivity index (χ0n) is 28.8. The van der Waals surface area contributed by atoms with E-state index in [1.807, 2.05) is 0 Å². The molecule has 0 amide bonds. The van der Waals surface area contributed by atoms with Gasteiger partial charge in [0, 0.05) is 7.11 Å². The molecule has 0 N–H and O–H groups in total. The van der Waals surface area contributed by atoms with Gasteiger partial charge in [-0.1, -0.05) is 210 Å². The normalized spacial score (nSPS) is 11.6. The Hall–Kier alpha value is -5.70. The van der Waals surface area contributed by atoms with Gasteiger partial charge in [0.25, 0.3) is 0 Å². The van der Waals surface area contributed by atoms with Crippen LogP contribution in [-0.4, -0.2) is 20.4 Å². The van der Waals surface area contributed by atoms with E-state index in [9.17, 15) is 0 Å². The van der Waals surface area contributed by atoms with Crippen LogP contribution in [0, 0.1) is 6.92 Å². The summed E-state index contributed by atoms with van der Waals surface area (Å²) in [4.78, 5) is 0. The van der Waals surface area contributed by atoms with Gasteiger partial charge in [0.2, 0.25) is 6.71 Å². The molecule has 0 unspecified atom stereocenters. The summed E-state index contributed by atoms with van der Waals surface area (Å²) in [5.41, 5.74) is 16.1. The number of benzene rings is 7. The summed E-state index contributed by atoms with van der Waals surface area (Å²) in [5.74, 6) is 0. The van der Waals surface area contributed by atoms with E-state index >= 15 is 0 Å². The van der Waals surface area contributed by atoms with E-state index in [-0.39, 0.29) is 6.71 Å². The molecule has 0 saturated heterocycles. The van der Waals surface area contributed by atoms with Crippen molar-refractivity contribution in [1.82, 2.24) is 0 Å². The van der Waals surface area contributed by atoms with Gasteiger partial charge in [0.05, 0.1) is 6.61 Å². The molecule has 0 bridgehead atoms. The molecular formula is C48H41BO. The summed E-state index contributed by atoms with van der Waals surface area (Å²) < 4.78 is 5.77. The Morgan fingerprint density at radius 3 is 1.18 bits per heavy atom. The number of aryl methyl sites for hydroxylation is 1. The van der Waals surface area contributed by atoms with Crippen LogP contribution in [0.4, 0.5) is 0 Å². The fourth-order valence-electron chi connectivity index (χ4n) is 6.90. The van der Waals surface area contributed by atoms with Crippen LogP contribution in [0.5, 0.6) is 0 Å². The van der Waals surface area contributed by atoms with Gasteiger partial charge in [-0.15, -0.1) is 0 Å². The van der Waals surface area contributed by atoms with E-state index in [1.54, 1.807) is 7.11 Å². The van der Waals surface area contributed by atoms with E-state index in [0.29, 0.717) is 6.61 Å². The quantitative estimate of drug-likeness (QED) is 0.101. The molecule has 0 saturated carbocycles. The highest BCUT2D eigenvalue weighted by Gasteiger charge is 2.29. The SMILES string of the molecule is COCC/C(=C(\B(c1ccc(-c2ccccc2)cc1)c1ccc(-c2ccccc2)cc1)c1ccc(-c2ccccc2)cc1)c1ccc(C)cc1. The van der Waals surface area contributed by atoms with Crippen LogP contribution >= 0.6 is 0 Å². The lowest BCUT2D eigenvalue weighted by Gasteiger charge is -2.25. The van der Waals surface area contributed by atoms with Crippen molar-refractivity contribution in [3.63, 3.8) is 0 Å². The maximum Gasteiger partial charge on any atom is 0.242 e. The van der Waals surface area contributed by atoms with E-state index < -0.39 is 0 Å². The minimum absolute atomic E-state index is 0.0274. The highest BCUT2D eigenvalue weighted by molar-refractivity contribution is 7.00. The summed E-state index contributed by atoms with van der Waals surface area (Å²) >= 11 is 0. The second-order valence-corrected chi connectivity index (χ2v) is 12.9. The number of methoxy groups -OCH3 is 1. The molecule has 0 heterocycles. The molecule has 242 valence electrons. The average molecular weight is 645 g/mol. The third-order valence-electron chi connectivity index (χ3n) is 9.58. The Balaban J connectivity index is 1.45. The van der Waals surface area contributed by atoms with Crippen molar-refractivity contribution in [3.05, 3.63) is 205 Å². The lowest BCUT2D eigenvalue weighted by molar-refractivity contribution is 0.206. The van der Waals surface area contributed by atoms with Gasteiger partial charge in [-0.25, -0.2) is 0 Å². The van der Waals surface area contributed by atoms with Gasteiger partial charge >= 0.3 is 0 Å². The summed E-state index contributed by atoms with van der Waals surface area (Å²) in [5, 5.41) is 0. The Labute approximate surface area is 297 Å². The van der Waals surface area contributed by atoms with Gasteiger partial charge in [0.15, 0.2) is 0 Å². The zero-order chi connectivity index (χ0) is 34.1. The monoisotopic (exact) mass is 644 g/mol. The predicted molar refractivity (Wildman–Crippen MR) is 215 cm³/mol. The number of hydrogen-bond acceptors (Lipinski definition) is 1. The molecule has 1 nitrogen and oxygen atoms in total. The van der Waals surface area contributed by atoms with Crippen LogP contribution in [-0.2, 0) is 4.74 Å². The smallest absolute Gasteiger partial charge is 0.242 e. The average Bonchev–Trinajstić information content (AvgIpc) is 3.19. The number of rotatable bonds is 11. The second-order valence-electron chi connectivity index (χ2n) is 12.9. The summed E-state index contributed by atoms with van der Waals surface area (Å²) in [6.45, 7) is 2.75. The van der Waals surface area contributed by atoms with Gasteiger partial charge in [-0.3, -0.25) is 0 Å². The van der Waals surface area contributed by atoms with Crippen LogP contribution in [0.3, 0.4) is 0 Å². The predicted octanol–water partition coefficient (Wildman–Crippen LogP) is 10.8. The molecule has 0 fully saturated rings. The highest BCUT2D eigenvalue weighted by atomic mass is 16.5. The topological polar surface area (TPSA) is 9.23 Å². The summed E-state index contributed by atoms with van der Waals surface area (Å²) in [6, 6.07) is 68.3. The van der Waals surface area contributed by atoms with Crippen molar-refractivity contribution in [3.8, 4) is 33.4 Å². The van der Waals surface area contributed by atoms with Crippen LogP contribution in [0.25, 0.3) is 44.4 Å². The van der Waals surface area contributed by atoms with Gasteiger partial charge < -0.3 is 4.74 Å². The van der Waals surface area contributed by atoms with Crippen molar-refractivity contribution in [2.45, 2.75) is 13.3 Å². The molecule has 50 heavy (non-hydrogen) atoms. The lowest BCUT2D eigenvalue weighted by atomic mass is 9.34. The van der Waals surface area contributed by atoms with E-state index in [0.717, 1.165) is 6.42 Å². The first-order valence-electron chi connectivity index (χ1n) is 17.4. The maximum atomic E-state index is 5.77. The molecule has 7 aromatic carbocycles.